The zero-order valence-corrected chi connectivity index (χ0v) is 7.69. The number of carboxylic acids is 2. The first-order chi connectivity index (χ1) is 6.63. The molecule has 0 aromatic carbocycles. The number of aliphatic carboxylic acids is 2. The molecule has 0 saturated carbocycles. The van der Waals surface area contributed by atoms with E-state index >= 15 is 0 Å². The Morgan fingerprint density at radius 1 is 1.14 bits per heavy atom. The van der Waals surface area contributed by atoms with Crippen molar-refractivity contribution in [3.05, 3.63) is 23.3 Å². The van der Waals surface area contributed by atoms with Gasteiger partial charge in [0.1, 0.15) is 0 Å². The lowest BCUT2D eigenvalue weighted by molar-refractivity contribution is -0.135. The van der Waals surface area contributed by atoms with E-state index in [0.717, 1.165) is 19.3 Å². The Morgan fingerprint density at radius 3 is 2.43 bits per heavy atom. The van der Waals surface area contributed by atoms with Crippen LogP contribution in [-0.4, -0.2) is 22.2 Å². The van der Waals surface area contributed by atoms with Gasteiger partial charge in [0.25, 0.3) is 0 Å². The van der Waals surface area contributed by atoms with Crippen LogP contribution >= 0.6 is 0 Å². The molecule has 0 radical (unpaired) electrons. The summed E-state index contributed by atoms with van der Waals surface area (Å²) in [5.41, 5.74) is -0.0781. The third kappa shape index (κ3) is 2.45. The van der Waals surface area contributed by atoms with Crippen LogP contribution in [0.5, 0.6) is 0 Å². The zero-order valence-electron chi connectivity index (χ0n) is 7.69. The molecule has 14 heavy (non-hydrogen) atoms. The molecule has 0 saturated heterocycles. The molecule has 1 aliphatic rings. The van der Waals surface area contributed by atoms with Gasteiger partial charge in [-0.3, -0.25) is 0 Å². The van der Waals surface area contributed by atoms with Gasteiger partial charge < -0.3 is 10.2 Å². The predicted molar refractivity (Wildman–Crippen MR) is 49.9 cm³/mol. The molecule has 4 heteroatoms. The summed E-state index contributed by atoms with van der Waals surface area (Å²) in [6.45, 7) is 0. The summed E-state index contributed by atoms with van der Waals surface area (Å²) >= 11 is 0. The number of hydrogen-bond acceptors (Lipinski definition) is 2. The van der Waals surface area contributed by atoms with Crippen LogP contribution in [0.3, 0.4) is 0 Å². The minimum atomic E-state index is -1.17. The van der Waals surface area contributed by atoms with Crippen LogP contribution < -0.4 is 0 Å². The average Bonchev–Trinajstić information content (AvgIpc) is 2.01. The number of rotatable bonds is 2. The summed E-state index contributed by atoms with van der Waals surface area (Å²) in [5.74, 6) is -2.30. The van der Waals surface area contributed by atoms with Crippen LogP contribution in [0.4, 0.5) is 0 Å². The summed E-state index contributed by atoms with van der Waals surface area (Å²) < 4.78 is 0. The molecule has 0 fully saturated rings. The molecule has 76 valence electrons. The van der Waals surface area contributed by atoms with Gasteiger partial charge in [0.05, 0.1) is 11.1 Å². The van der Waals surface area contributed by atoms with Gasteiger partial charge in [-0.25, -0.2) is 9.59 Å². The van der Waals surface area contributed by atoms with Crippen molar-refractivity contribution in [2.75, 3.05) is 0 Å². The lowest BCUT2D eigenvalue weighted by Crippen LogP contribution is -2.11. The Balaban J connectivity index is 3.10. The maximum atomic E-state index is 10.8. The fourth-order valence-electron chi connectivity index (χ4n) is 1.42. The normalized spacial score (nSPS) is 17.4. The molecular weight excluding hydrogens is 184 g/mol. The fourth-order valence-corrected chi connectivity index (χ4v) is 1.42. The van der Waals surface area contributed by atoms with Crippen molar-refractivity contribution in [3.63, 3.8) is 0 Å². The molecule has 0 bridgehead atoms. The van der Waals surface area contributed by atoms with E-state index in [0.29, 0.717) is 6.42 Å². The van der Waals surface area contributed by atoms with E-state index < -0.39 is 11.9 Å². The van der Waals surface area contributed by atoms with Gasteiger partial charge >= 0.3 is 11.9 Å². The second-order valence-electron chi connectivity index (χ2n) is 3.15. The largest absolute Gasteiger partial charge is 0.478 e. The molecular formula is C10H12O4. The summed E-state index contributed by atoms with van der Waals surface area (Å²) in [5, 5.41) is 17.6. The van der Waals surface area contributed by atoms with Gasteiger partial charge in [-0.2, -0.15) is 0 Å². The first kappa shape index (κ1) is 10.5. The molecule has 0 aliphatic heterocycles. The first-order valence-corrected chi connectivity index (χ1v) is 4.49. The Labute approximate surface area is 81.6 Å². The van der Waals surface area contributed by atoms with Crippen LogP contribution in [0.2, 0.25) is 0 Å². The second-order valence-corrected chi connectivity index (χ2v) is 3.15. The topological polar surface area (TPSA) is 74.6 Å². The Kier molecular flexibility index (Phi) is 3.45. The molecule has 0 aromatic rings. The molecule has 0 atom stereocenters. The van der Waals surface area contributed by atoms with Crippen molar-refractivity contribution < 1.29 is 19.8 Å². The highest BCUT2D eigenvalue weighted by atomic mass is 16.4. The summed E-state index contributed by atoms with van der Waals surface area (Å²) in [7, 11) is 0. The molecule has 0 heterocycles. The number of carboxylic acid groups (broad SMARTS) is 2. The van der Waals surface area contributed by atoms with Crippen molar-refractivity contribution in [1.29, 1.82) is 0 Å². The minimum Gasteiger partial charge on any atom is -0.478 e. The van der Waals surface area contributed by atoms with Crippen molar-refractivity contribution in [1.82, 2.24) is 0 Å². The van der Waals surface area contributed by atoms with Crippen LogP contribution in [0.15, 0.2) is 23.3 Å². The van der Waals surface area contributed by atoms with Crippen LogP contribution in [0, 0.1) is 0 Å². The van der Waals surface area contributed by atoms with Crippen molar-refractivity contribution in [2.45, 2.75) is 25.7 Å². The second kappa shape index (κ2) is 4.60. The summed E-state index contributed by atoms with van der Waals surface area (Å²) in [4.78, 5) is 21.5. The smallest absolute Gasteiger partial charge is 0.336 e. The minimum absolute atomic E-state index is 0.00782. The summed E-state index contributed by atoms with van der Waals surface area (Å²) in [6.07, 6.45) is 5.88. The molecule has 0 unspecified atom stereocenters. The lowest BCUT2D eigenvalue weighted by Gasteiger charge is -2.07. The molecule has 0 spiro atoms. The van der Waals surface area contributed by atoms with E-state index in [-0.39, 0.29) is 11.1 Å². The number of carbonyl (C=O) groups is 2. The number of allylic oxidation sites excluding steroid dienone is 1. The van der Waals surface area contributed by atoms with Gasteiger partial charge in [-0.1, -0.05) is 12.2 Å². The monoisotopic (exact) mass is 196 g/mol. The molecule has 1 aliphatic carbocycles. The zero-order chi connectivity index (χ0) is 10.6. The molecule has 0 aromatic heterocycles. The standard InChI is InChI=1S/C10H12O4/c11-9(12)7-5-3-1-2-4-6-8(7)10(13)14/h3,5H,1-2,4,6H2,(H,11,12)(H,13,14). The predicted octanol–water partition coefficient (Wildman–Crippen LogP) is 1.58. The highest BCUT2D eigenvalue weighted by Gasteiger charge is 2.18. The molecule has 1 rings (SSSR count). The van der Waals surface area contributed by atoms with E-state index in [1.165, 1.54) is 6.08 Å². The van der Waals surface area contributed by atoms with Gasteiger partial charge in [-0.15, -0.1) is 0 Å². The molecule has 2 N–H and O–H groups in total. The third-order valence-corrected chi connectivity index (χ3v) is 2.15. The fraction of sp³-hybridized carbons (Fsp3) is 0.400. The quantitative estimate of drug-likeness (QED) is 0.703. The SMILES string of the molecule is O=C(O)C1=C(C(=O)O)CCCCC=C1. The highest BCUT2D eigenvalue weighted by molar-refractivity contribution is 6.00. The van der Waals surface area contributed by atoms with Gasteiger partial charge in [0.2, 0.25) is 0 Å². The first-order valence-electron chi connectivity index (χ1n) is 4.49. The van der Waals surface area contributed by atoms with Crippen molar-refractivity contribution >= 4 is 11.9 Å². The highest BCUT2D eigenvalue weighted by Crippen LogP contribution is 2.19. The Morgan fingerprint density at radius 2 is 1.86 bits per heavy atom. The Hall–Kier alpha value is -1.58. The van der Waals surface area contributed by atoms with E-state index in [2.05, 4.69) is 0 Å². The van der Waals surface area contributed by atoms with E-state index in [1.54, 1.807) is 6.08 Å². The van der Waals surface area contributed by atoms with Crippen molar-refractivity contribution in [3.8, 4) is 0 Å². The van der Waals surface area contributed by atoms with Crippen LogP contribution in [0.1, 0.15) is 25.7 Å². The average molecular weight is 196 g/mol. The maximum absolute atomic E-state index is 10.8. The van der Waals surface area contributed by atoms with Crippen LogP contribution in [-0.2, 0) is 9.59 Å². The summed E-state index contributed by atoms with van der Waals surface area (Å²) in [6, 6.07) is 0. The third-order valence-electron chi connectivity index (χ3n) is 2.15. The lowest BCUT2D eigenvalue weighted by atomic mass is 9.98. The van der Waals surface area contributed by atoms with Gasteiger partial charge in [0.15, 0.2) is 0 Å². The van der Waals surface area contributed by atoms with Gasteiger partial charge in [-0.05, 0) is 25.7 Å². The van der Waals surface area contributed by atoms with E-state index in [4.69, 9.17) is 10.2 Å². The molecule has 0 amide bonds. The van der Waals surface area contributed by atoms with Gasteiger partial charge in [0, 0.05) is 0 Å². The van der Waals surface area contributed by atoms with Crippen LogP contribution in [0.25, 0.3) is 0 Å². The maximum Gasteiger partial charge on any atom is 0.336 e. The van der Waals surface area contributed by atoms with Crippen molar-refractivity contribution in [2.24, 2.45) is 0 Å². The van der Waals surface area contributed by atoms with E-state index in [1.807, 2.05) is 0 Å². The molecule has 4 nitrogen and oxygen atoms in total. The van der Waals surface area contributed by atoms with E-state index in [9.17, 15) is 9.59 Å². The Bertz CT molecular complexity index is 312. The number of hydrogen-bond donors (Lipinski definition) is 2.